The topological polar surface area (TPSA) is 78.4 Å². The fourth-order valence-electron chi connectivity index (χ4n) is 2.69. The molecule has 0 radical (unpaired) electrons. The van der Waals surface area contributed by atoms with E-state index in [1.807, 2.05) is 42.6 Å². The SMILES string of the molecule is CN(C)c1nc(CNC(=O)C2CC(=O)N(Cc3ccccn3)C2)cs1. The van der Waals surface area contributed by atoms with Crippen LogP contribution in [0.4, 0.5) is 5.13 Å². The molecule has 0 saturated carbocycles. The average Bonchev–Trinajstić information content (AvgIpc) is 3.21. The van der Waals surface area contributed by atoms with Crippen molar-refractivity contribution >= 4 is 28.3 Å². The van der Waals surface area contributed by atoms with Crippen LogP contribution in [0.15, 0.2) is 29.8 Å². The number of aromatic nitrogens is 2. The summed E-state index contributed by atoms with van der Waals surface area (Å²) in [6.45, 7) is 1.26. The lowest BCUT2D eigenvalue weighted by Crippen LogP contribution is -2.32. The van der Waals surface area contributed by atoms with E-state index in [0.717, 1.165) is 16.5 Å². The maximum Gasteiger partial charge on any atom is 0.225 e. The second-order valence-electron chi connectivity index (χ2n) is 6.23. The number of anilines is 1. The van der Waals surface area contributed by atoms with Gasteiger partial charge in [0.05, 0.1) is 30.4 Å². The predicted molar refractivity (Wildman–Crippen MR) is 96.0 cm³/mol. The highest BCUT2D eigenvalue weighted by molar-refractivity contribution is 7.13. The van der Waals surface area contributed by atoms with Gasteiger partial charge in [-0.2, -0.15) is 0 Å². The van der Waals surface area contributed by atoms with Gasteiger partial charge in [-0.3, -0.25) is 14.6 Å². The van der Waals surface area contributed by atoms with Crippen LogP contribution in [-0.4, -0.2) is 47.3 Å². The molecular formula is C17H21N5O2S. The summed E-state index contributed by atoms with van der Waals surface area (Å²) < 4.78 is 0. The maximum absolute atomic E-state index is 12.4. The monoisotopic (exact) mass is 359 g/mol. The molecule has 1 saturated heterocycles. The molecule has 1 fully saturated rings. The molecular weight excluding hydrogens is 338 g/mol. The Morgan fingerprint density at radius 1 is 1.40 bits per heavy atom. The van der Waals surface area contributed by atoms with E-state index in [2.05, 4.69) is 15.3 Å². The van der Waals surface area contributed by atoms with Crippen LogP contribution in [0.3, 0.4) is 0 Å². The zero-order valence-corrected chi connectivity index (χ0v) is 15.1. The van der Waals surface area contributed by atoms with Crippen LogP contribution in [0.25, 0.3) is 0 Å². The summed E-state index contributed by atoms with van der Waals surface area (Å²) in [5, 5.41) is 5.73. The van der Waals surface area contributed by atoms with Crippen molar-refractivity contribution in [3.8, 4) is 0 Å². The fourth-order valence-corrected chi connectivity index (χ4v) is 3.45. The first kappa shape index (κ1) is 17.3. The highest BCUT2D eigenvalue weighted by atomic mass is 32.1. The first-order chi connectivity index (χ1) is 12.0. The first-order valence-corrected chi connectivity index (χ1v) is 8.98. The van der Waals surface area contributed by atoms with Gasteiger partial charge in [-0.15, -0.1) is 11.3 Å². The minimum Gasteiger partial charge on any atom is -0.354 e. The lowest BCUT2D eigenvalue weighted by atomic mass is 10.1. The summed E-state index contributed by atoms with van der Waals surface area (Å²) in [5.74, 6) is -0.422. The number of nitrogens with one attached hydrogen (secondary N) is 1. The summed E-state index contributed by atoms with van der Waals surface area (Å²) in [6.07, 6.45) is 1.95. The number of carbonyl (C=O) groups excluding carboxylic acids is 2. The van der Waals surface area contributed by atoms with Crippen molar-refractivity contribution in [3.05, 3.63) is 41.2 Å². The molecule has 25 heavy (non-hydrogen) atoms. The summed E-state index contributed by atoms with van der Waals surface area (Å²) in [5.41, 5.74) is 1.66. The minimum absolute atomic E-state index is 0.00523. The Hall–Kier alpha value is -2.48. The van der Waals surface area contributed by atoms with Crippen LogP contribution in [0.1, 0.15) is 17.8 Å². The molecule has 3 rings (SSSR count). The zero-order chi connectivity index (χ0) is 17.8. The molecule has 0 aliphatic carbocycles. The molecule has 0 bridgehead atoms. The van der Waals surface area contributed by atoms with Gasteiger partial charge in [0.1, 0.15) is 0 Å². The quantitative estimate of drug-likeness (QED) is 0.840. The average molecular weight is 359 g/mol. The highest BCUT2D eigenvalue weighted by Gasteiger charge is 2.34. The summed E-state index contributed by atoms with van der Waals surface area (Å²) in [7, 11) is 3.86. The molecule has 0 spiro atoms. The number of rotatable bonds is 6. The smallest absolute Gasteiger partial charge is 0.225 e. The van der Waals surface area contributed by atoms with E-state index in [9.17, 15) is 9.59 Å². The van der Waals surface area contributed by atoms with Gasteiger partial charge in [0.2, 0.25) is 11.8 Å². The second kappa shape index (κ2) is 7.60. The van der Waals surface area contributed by atoms with Crippen molar-refractivity contribution in [1.82, 2.24) is 20.2 Å². The molecule has 8 heteroatoms. The van der Waals surface area contributed by atoms with E-state index in [4.69, 9.17) is 0 Å². The number of thiazole rings is 1. The van der Waals surface area contributed by atoms with E-state index in [1.54, 1.807) is 11.1 Å². The largest absolute Gasteiger partial charge is 0.354 e. The van der Waals surface area contributed by atoms with Crippen LogP contribution in [0.5, 0.6) is 0 Å². The molecule has 1 aliphatic heterocycles. The first-order valence-electron chi connectivity index (χ1n) is 8.10. The third-order valence-electron chi connectivity index (χ3n) is 4.03. The molecule has 1 N–H and O–H groups in total. The van der Waals surface area contributed by atoms with Gasteiger partial charge in [0, 0.05) is 38.6 Å². The minimum atomic E-state index is -0.317. The number of nitrogens with zero attached hydrogens (tertiary/aromatic N) is 4. The Morgan fingerprint density at radius 2 is 2.24 bits per heavy atom. The van der Waals surface area contributed by atoms with E-state index in [1.165, 1.54) is 11.3 Å². The number of hydrogen-bond acceptors (Lipinski definition) is 6. The van der Waals surface area contributed by atoms with Crippen molar-refractivity contribution in [1.29, 1.82) is 0 Å². The van der Waals surface area contributed by atoms with Crippen molar-refractivity contribution < 1.29 is 9.59 Å². The molecule has 1 atom stereocenters. The lowest BCUT2D eigenvalue weighted by molar-refractivity contribution is -0.129. The van der Waals surface area contributed by atoms with E-state index < -0.39 is 0 Å². The third kappa shape index (κ3) is 4.33. The van der Waals surface area contributed by atoms with Crippen LogP contribution in [0, 0.1) is 5.92 Å². The second-order valence-corrected chi connectivity index (χ2v) is 7.07. The zero-order valence-electron chi connectivity index (χ0n) is 14.3. The van der Waals surface area contributed by atoms with Gasteiger partial charge < -0.3 is 15.1 Å². The Morgan fingerprint density at radius 3 is 2.92 bits per heavy atom. The lowest BCUT2D eigenvalue weighted by Gasteiger charge is -2.16. The van der Waals surface area contributed by atoms with Crippen LogP contribution >= 0.6 is 11.3 Å². The van der Waals surface area contributed by atoms with Gasteiger partial charge in [-0.25, -0.2) is 4.98 Å². The van der Waals surface area contributed by atoms with E-state index in [0.29, 0.717) is 19.6 Å². The number of hydrogen-bond donors (Lipinski definition) is 1. The van der Waals surface area contributed by atoms with Crippen LogP contribution in [0.2, 0.25) is 0 Å². The van der Waals surface area contributed by atoms with Gasteiger partial charge in [0.15, 0.2) is 5.13 Å². The molecule has 1 aliphatic rings. The Kier molecular flexibility index (Phi) is 5.28. The Labute approximate surface area is 150 Å². The van der Waals surface area contributed by atoms with Crippen LogP contribution < -0.4 is 10.2 Å². The van der Waals surface area contributed by atoms with Crippen molar-refractivity contribution in [2.75, 3.05) is 25.5 Å². The Balaban J connectivity index is 1.51. The predicted octanol–water partition coefficient (Wildman–Crippen LogP) is 1.27. The molecule has 2 amide bonds. The normalized spacial score (nSPS) is 17.0. The summed E-state index contributed by atoms with van der Waals surface area (Å²) in [6, 6.07) is 5.61. The molecule has 3 heterocycles. The molecule has 132 valence electrons. The number of amides is 2. The molecule has 1 unspecified atom stereocenters. The number of carbonyl (C=O) groups is 2. The van der Waals surface area contributed by atoms with Gasteiger partial charge in [-0.05, 0) is 12.1 Å². The van der Waals surface area contributed by atoms with E-state index >= 15 is 0 Å². The third-order valence-corrected chi connectivity index (χ3v) is 5.09. The van der Waals surface area contributed by atoms with Gasteiger partial charge >= 0.3 is 0 Å². The van der Waals surface area contributed by atoms with Gasteiger partial charge in [-0.1, -0.05) is 6.07 Å². The van der Waals surface area contributed by atoms with Crippen molar-refractivity contribution in [2.24, 2.45) is 5.92 Å². The highest BCUT2D eigenvalue weighted by Crippen LogP contribution is 2.21. The Bertz CT molecular complexity index is 747. The molecule has 0 aromatic carbocycles. The van der Waals surface area contributed by atoms with Crippen molar-refractivity contribution in [2.45, 2.75) is 19.5 Å². The standard InChI is InChI=1S/C17H21N5O2S/c1-21(2)17-20-14(11-25-17)8-19-16(24)12-7-15(23)22(9-12)10-13-5-3-4-6-18-13/h3-6,11-12H,7-10H2,1-2H3,(H,19,24). The van der Waals surface area contributed by atoms with Crippen LogP contribution in [-0.2, 0) is 22.7 Å². The maximum atomic E-state index is 12.4. The molecule has 7 nitrogen and oxygen atoms in total. The number of pyridine rings is 1. The molecule has 2 aromatic rings. The van der Waals surface area contributed by atoms with Gasteiger partial charge in [0.25, 0.3) is 0 Å². The van der Waals surface area contributed by atoms with Crippen molar-refractivity contribution in [3.63, 3.8) is 0 Å². The fraction of sp³-hybridized carbons (Fsp3) is 0.412. The summed E-state index contributed by atoms with van der Waals surface area (Å²) >= 11 is 1.54. The summed E-state index contributed by atoms with van der Waals surface area (Å²) in [4.78, 5) is 36.8. The molecule has 2 aromatic heterocycles. The van der Waals surface area contributed by atoms with E-state index in [-0.39, 0.29) is 24.2 Å². The number of likely N-dealkylation sites (tertiary alicyclic amines) is 1.